The zero-order chi connectivity index (χ0) is 21.6. The van der Waals surface area contributed by atoms with Gasteiger partial charge in [0.25, 0.3) is 0 Å². The smallest absolute Gasteiger partial charge is 0.247 e. The fraction of sp³-hybridized carbons (Fsp3) is 0.320. The van der Waals surface area contributed by atoms with E-state index in [1.54, 1.807) is 17.8 Å². The number of thioether (sulfide) groups is 1. The minimum Gasteiger partial charge on any atom is -0.360 e. The lowest BCUT2D eigenvalue weighted by atomic mass is 9.99. The summed E-state index contributed by atoms with van der Waals surface area (Å²) in [6, 6.07) is 13.1. The van der Waals surface area contributed by atoms with Crippen LogP contribution in [0, 0.1) is 5.82 Å². The molecule has 2 aliphatic heterocycles. The van der Waals surface area contributed by atoms with Gasteiger partial charge < -0.3 is 9.88 Å². The molecule has 0 aliphatic carbocycles. The van der Waals surface area contributed by atoms with Crippen LogP contribution in [-0.2, 0) is 9.54 Å². The molecule has 0 saturated carbocycles. The number of carbonyl (C=O) groups excluding carboxylic acids is 1. The average Bonchev–Trinajstić information content (AvgIpc) is 3.30. The zero-order valence-electron chi connectivity index (χ0n) is 17.8. The Morgan fingerprint density at radius 1 is 1.19 bits per heavy atom. The Bertz CT molecular complexity index is 1190. The van der Waals surface area contributed by atoms with Crippen LogP contribution in [0.3, 0.4) is 0 Å². The van der Waals surface area contributed by atoms with Crippen LogP contribution < -0.4 is 4.90 Å². The molecule has 2 aromatic carbocycles. The van der Waals surface area contributed by atoms with Gasteiger partial charge in [0, 0.05) is 60.1 Å². The van der Waals surface area contributed by atoms with Crippen molar-refractivity contribution in [2.24, 2.45) is 0 Å². The van der Waals surface area contributed by atoms with Crippen molar-refractivity contribution in [1.29, 1.82) is 0 Å². The van der Waals surface area contributed by atoms with Gasteiger partial charge >= 0.3 is 0 Å². The number of nitrogens with one attached hydrogen (secondary N) is 1. The first-order chi connectivity index (χ1) is 15.0. The van der Waals surface area contributed by atoms with Gasteiger partial charge in [-0.25, -0.2) is 4.39 Å². The molecule has 0 fully saturated rings. The summed E-state index contributed by atoms with van der Waals surface area (Å²) < 4.78 is 13.0. The molecule has 4 nitrogen and oxygen atoms in total. The average molecular weight is 436 g/mol. The first-order valence-electron chi connectivity index (χ1n) is 10.7. The minimum absolute atomic E-state index is 0.181. The lowest BCUT2D eigenvalue weighted by Crippen LogP contribution is -2.41. The molecule has 0 bridgehead atoms. The molecule has 5 rings (SSSR count). The Kier molecular flexibility index (Phi) is 5.15. The summed E-state index contributed by atoms with van der Waals surface area (Å²) >= 11 is 1.61. The number of amides is 1. The van der Waals surface area contributed by atoms with E-state index in [9.17, 15) is 9.18 Å². The number of H-pyrrole nitrogens is 1. The number of nitrogens with zero attached hydrogens (tertiary/aromatic N) is 2. The molecule has 3 aromatic rings. The highest BCUT2D eigenvalue weighted by atomic mass is 32.2. The van der Waals surface area contributed by atoms with E-state index in [4.69, 9.17) is 0 Å². The minimum atomic E-state index is -0.500. The lowest BCUT2D eigenvalue weighted by Gasteiger charge is -2.29. The Morgan fingerprint density at radius 2 is 2.03 bits per heavy atom. The highest BCUT2D eigenvalue weighted by Crippen LogP contribution is 2.47. The third kappa shape index (κ3) is 3.38. The molecule has 0 saturated heterocycles. The number of anilines is 1. The van der Waals surface area contributed by atoms with Gasteiger partial charge in [-0.2, -0.15) is 0 Å². The van der Waals surface area contributed by atoms with Gasteiger partial charge in [-0.05, 0) is 49.4 Å². The normalized spacial score (nSPS) is 21.6. The number of fused-ring (bicyclic) bond motifs is 2. The second-order valence-electron chi connectivity index (χ2n) is 8.38. The maximum atomic E-state index is 13.5. The standard InChI is InChI=1S/C25H26FN3OS/c1-25(31-2)21-5-3-4-6-23(21)29(24(25)30)14-13-28-11-9-17(10-12-28)20-16-27-22-15-18(26)7-8-19(20)22/h3-9,15-16,27H,10-14H2,1-2H3. The van der Waals surface area contributed by atoms with Gasteiger partial charge in [-0.3, -0.25) is 9.69 Å². The molecule has 1 unspecified atom stereocenters. The molecule has 3 heterocycles. The number of hydrogen-bond donors (Lipinski definition) is 1. The van der Waals surface area contributed by atoms with Crippen LogP contribution in [0.2, 0.25) is 0 Å². The summed E-state index contributed by atoms with van der Waals surface area (Å²) in [5, 5.41) is 1.07. The maximum absolute atomic E-state index is 13.5. The largest absolute Gasteiger partial charge is 0.360 e. The molecule has 160 valence electrons. The first kappa shape index (κ1) is 20.3. The van der Waals surface area contributed by atoms with Gasteiger partial charge in [0.1, 0.15) is 10.6 Å². The van der Waals surface area contributed by atoms with Crippen LogP contribution in [0.4, 0.5) is 10.1 Å². The number of aromatic nitrogens is 1. The van der Waals surface area contributed by atoms with Crippen molar-refractivity contribution >= 4 is 39.8 Å². The highest BCUT2D eigenvalue weighted by Gasteiger charge is 2.46. The Labute approximate surface area is 186 Å². The van der Waals surface area contributed by atoms with E-state index >= 15 is 0 Å². The molecule has 1 atom stereocenters. The SMILES string of the molecule is CSC1(C)C(=O)N(CCN2CC=C(c3c[nH]c4cc(F)ccc34)CC2)c2ccccc21. The Hall–Kier alpha value is -2.57. The molecule has 31 heavy (non-hydrogen) atoms. The first-order valence-corrected chi connectivity index (χ1v) is 11.9. The summed E-state index contributed by atoms with van der Waals surface area (Å²) in [4.78, 5) is 20.7. The lowest BCUT2D eigenvalue weighted by molar-refractivity contribution is -0.120. The predicted octanol–water partition coefficient (Wildman–Crippen LogP) is 5.02. The van der Waals surface area contributed by atoms with Crippen LogP contribution in [0.1, 0.15) is 24.5 Å². The summed E-state index contributed by atoms with van der Waals surface area (Å²) in [5.41, 5.74) is 5.45. The molecule has 6 heteroatoms. The van der Waals surface area contributed by atoms with Crippen molar-refractivity contribution in [1.82, 2.24) is 9.88 Å². The summed E-state index contributed by atoms with van der Waals surface area (Å²) in [6.45, 7) is 5.37. The number of halogens is 1. The predicted molar refractivity (Wildman–Crippen MR) is 127 cm³/mol. The number of benzene rings is 2. The summed E-state index contributed by atoms with van der Waals surface area (Å²) in [7, 11) is 0. The number of para-hydroxylation sites is 1. The van der Waals surface area contributed by atoms with E-state index in [1.165, 1.54) is 11.6 Å². The van der Waals surface area contributed by atoms with Crippen molar-refractivity contribution in [3.63, 3.8) is 0 Å². The van der Waals surface area contributed by atoms with Crippen molar-refractivity contribution in [3.8, 4) is 0 Å². The van der Waals surface area contributed by atoms with E-state index in [0.717, 1.165) is 53.8 Å². The fourth-order valence-corrected chi connectivity index (χ4v) is 5.46. The van der Waals surface area contributed by atoms with E-state index in [2.05, 4.69) is 28.1 Å². The van der Waals surface area contributed by atoms with Gasteiger partial charge in [-0.15, -0.1) is 11.8 Å². The molecule has 1 N–H and O–H groups in total. The third-order valence-corrected chi connectivity index (χ3v) is 7.90. The van der Waals surface area contributed by atoms with Gasteiger partial charge in [0.15, 0.2) is 0 Å². The maximum Gasteiger partial charge on any atom is 0.247 e. The molecule has 0 spiro atoms. The fourth-order valence-electron chi connectivity index (χ4n) is 4.78. The quantitative estimate of drug-likeness (QED) is 0.612. The van der Waals surface area contributed by atoms with Crippen LogP contribution >= 0.6 is 11.8 Å². The number of rotatable bonds is 5. The van der Waals surface area contributed by atoms with Crippen LogP contribution in [0.15, 0.2) is 54.7 Å². The Balaban J connectivity index is 1.28. The Morgan fingerprint density at radius 3 is 2.81 bits per heavy atom. The van der Waals surface area contributed by atoms with E-state index in [1.807, 2.05) is 42.5 Å². The number of hydrogen-bond acceptors (Lipinski definition) is 3. The highest BCUT2D eigenvalue weighted by molar-refractivity contribution is 8.00. The molecule has 2 aliphatic rings. The molecular formula is C25H26FN3OS. The van der Waals surface area contributed by atoms with Gasteiger partial charge in [-0.1, -0.05) is 24.3 Å². The zero-order valence-corrected chi connectivity index (χ0v) is 18.6. The van der Waals surface area contributed by atoms with Crippen LogP contribution in [0.25, 0.3) is 16.5 Å². The van der Waals surface area contributed by atoms with Crippen molar-refractivity contribution in [2.75, 3.05) is 37.3 Å². The topological polar surface area (TPSA) is 39.3 Å². The molecule has 1 amide bonds. The van der Waals surface area contributed by atoms with Crippen molar-refractivity contribution in [3.05, 3.63) is 71.7 Å². The summed E-state index contributed by atoms with van der Waals surface area (Å²) in [6.07, 6.45) is 7.20. The number of aromatic amines is 1. The van der Waals surface area contributed by atoms with Gasteiger partial charge in [0.05, 0.1) is 0 Å². The molecule has 1 aromatic heterocycles. The summed E-state index contributed by atoms with van der Waals surface area (Å²) in [5.74, 6) is -0.0410. The molecule has 0 radical (unpaired) electrons. The van der Waals surface area contributed by atoms with E-state index in [-0.39, 0.29) is 11.7 Å². The second kappa shape index (κ2) is 7.84. The second-order valence-corrected chi connectivity index (χ2v) is 9.61. The molecular weight excluding hydrogens is 409 g/mol. The monoisotopic (exact) mass is 435 g/mol. The van der Waals surface area contributed by atoms with E-state index in [0.29, 0.717) is 6.54 Å². The van der Waals surface area contributed by atoms with Crippen molar-refractivity contribution in [2.45, 2.75) is 18.1 Å². The van der Waals surface area contributed by atoms with Gasteiger partial charge in [0.2, 0.25) is 5.91 Å². The number of carbonyl (C=O) groups is 1. The van der Waals surface area contributed by atoms with Crippen LogP contribution in [-0.4, -0.2) is 48.2 Å². The van der Waals surface area contributed by atoms with Crippen LogP contribution in [0.5, 0.6) is 0 Å². The third-order valence-electron chi connectivity index (χ3n) is 6.69. The van der Waals surface area contributed by atoms with E-state index < -0.39 is 4.75 Å². The van der Waals surface area contributed by atoms with Crippen molar-refractivity contribution < 1.29 is 9.18 Å².